The lowest BCUT2D eigenvalue weighted by atomic mass is 10.5. The molecule has 0 unspecified atom stereocenters. The number of carboxylic acid groups (broad SMARTS) is 1. The van der Waals surface area contributed by atoms with Crippen LogP contribution >= 0.6 is 11.3 Å². The number of carboxylic acids is 1. The lowest BCUT2D eigenvalue weighted by molar-refractivity contribution is -0.138. The third kappa shape index (κ3) is 4.32. The van der Waals surface area contributed by atoms with Crippen molar-refractivity contribution in [3.63, 3.8) is 0 Å². The Balaban J connectivity index is 2.38. The number of aliphatic carboxylic acids is 1. The van der Waals surface area contributed by atoms with E-state index >= 15 is 0 Å². The maximum Gasteiger partial charge on any atom is 0.317 e. The third-order valence-corrected chi connectivity index (χ3v) is 2.35. The molecule has 0 atom stereocenters. The lowest BCUT2D eigenvalue weighted by Gasteiger charge is -2.12. The van der Waals surface area contributed by atoms with E-state index in [2.05, 4.69) is 15.5 Å². The molecule has 0 radical (unpaired) electrons. The number of aromatic nitrogens is 2. The Morgan fingerprint density at radius 1 is 1.44 bits per heavy atom. The summed E-state index contributed by atoms with van der Waals surface area (Å²) < 4.78 is 0. The molecule has 0 aliphatic carbocycles. The SMILES string of the molecule is Cc1nnc(NC(=O)CN(C)CC(=O)O)s1. The Morgan fingerprint density at radius 3 is 2.62 bits per heavy atom. The van der Waals surface area contributed by atoms with Crippen molar-refractivity contribution in [3.8, 4) is 0 Å². The molecule has 7 nitrogen and oxygen atoms in total. The van der Waals surface area contributed by atoms with E-state index in [0.29, 0.717) is 5.13 Å². The first kappa shape index (κ1) is 12.5. The van der Waals surface area contributed by atoms with E-state index in [1.165, 1.54) is 16.2 Å². The first-order chi connectivity index (χ1) is 7.47. The van der Waals surface area contributed by atoms with Crippen LogP contribution in [-0.4, -0.2) is 52.2 Å². The predicted molar refractivity (Wildman–Crippen MR) is 58.4 cm³/mol. The third-order valence-electron chi connectivity index (χ3n) is 1.59. The van der Waals surface area contributed by atoms with Crippen LogP contribution in [0, 0.1) is 6.92 Å². The van der Waals surface area contributed by atoms with E-state index < -0.39 is 5.97 Å². The average Bonchev–Trinajstić information content (AvgIpc) is 2.48. The molecule has 0 fully saturated rings. The molecule has 0 saturated carbocycles. The fourth-order valence-electron chi connectivity index (χ4n) is 1.04. The summed E-state index contributed by atoms with van der Waals surface area (Å²) in [6.45, 7) is 1.61. The Morgan fingerprint density at radius 2 is 2.12 bits per heavy atom. The highest BCUT2D eigenvalue weighted by molar-refractivity contribution is 7.15. The van der Waals surface area contributed by atoms with Gasteiger partial charge < -0.3 is 5.11 Å². The summed E-state index contributed by atoms with van der Waals surface area (Å²) in [4.78, 5) is 23.2. The highest BCUT2D eigenvalue weighted by Crippen LogP contribution is 2.13. The topological polar surface area (TPSA) is 95.4 Å². The number of nitrogens with zero attached hydrogens (tertiary/aromatic N) is 3. The molecule has 1 aromatic rings. The Bertz CT molecular complexity index is 392. The van der Waals surface area contributed by atoms with Crippen molar-refractivity contribution in [2.75, 3.05) is 25.5 Å². The van der Waals surface area contributed by atoms with Crippen molar-refractivity contribution >= 4 is 28.3 Å². The number of nitrogens with one attached hydrogen (secondary N) is 1. The molecule has 0 bridgehead atoms. The van der Waals surface area contributed by atoms with Crippen molar-refractivity contribution in [1.82, 2.24) is 15.1 Å². The lowest BCUT2D eigenvalue weighted by Crippen LogP contribution is -2.33. The molecular formula is C8H12N4O3S. The Labute approximate surface area is 96.1 Å². The zero-order chi connectivity index (χ0) is 12.1. The van der Waals surface area contributed by atoms with Gasteiger partial charge in [0.2, 0.25) is 11.0 Å². The van der Waals surface area contributed by atoms with Gasteiger partial charge in [0, 0.05) is 0 Å². The van der Waals surface area contributed by atoms with Gasteiger partial charge in [-0.05, 0) is 14.0 Å². The van der Waals surface area contributed by atoms with Crippen LogP contribution in [0.15, 0.2) is 0 Å². The van der Waals surface area contributed by atoms with Crippen molar-refractivity contribution < 1.29 is 14.7 Å². The summed E-state index contributed by atoms with van der Waals surface area (Å²) in [7, 11) is 1.55. The zero-order valence-electron chi connectivity index (χ0n) is 8.93. The van der Waals surface area contributed by atoms with E-state index in [1.807, 2.05) is 0 Å². The standard InChI is InChI=1S/C8H12N4O3S/c1-5-10-11-8(16-5)9-6(13)3-12(2)4-7(14)15/h3-4H2,1-2H3,(H,14,15)(H,9,11,13). The minimum atomic E-state index is -0.970. The maximum absolute atomic E-state index is 11.4. The minimum Gasteiger partial charge on any atom is -0.480 e. The van der Waals surface area contributed by atoms with Gasteiger partial charge in [0.25, 0.3) is 0 Å². The minimum absolute atomic E-state index is 0.00489. The van der Waals surface area contributed by atoms with Gasteiger partial charge in [-0.15, -0.1) is 10.2 Å². The summed E-state index contributed by atoms with van der Waals surface area (Å²) in [6.07, 6.45) is 0. The number of likely N-dealkylation sites (N-methyl/N-ethyl adjacent to an activating group) is 1. The van der Waals surface area contributed by atoms with Crippen molar-refractivity contribution in [3.05, 3.63) is 5.01 Å². The van der Waals surface area contributed by atoms with Crippen LogP contribution < -0.4 is 5.32 Å². The first-order valence-electron chi connectivity index (χ1n) is 4.47. The van der Waals surface area contributed by atoms with E-state index in [0.717, 1.165) is 5.01 Å². The smallest absolute Gasteiger partial charge is 0.317 e. The van der Waals surface area contributed by atoms with Gasteiger partial charge in [0.1, 0.15) is 5.01 Å². The highest BCUT2D eigenvalue weighted by atomic mass is 32.1. The fraction of sp³-hybridized carbons (Fsp3) is 0.500. The molecule has 1 rings (SSSR count). The zero-order valence-corrected chi connectivity index (χ0v) is 9.74. The van der Waals surface area contributed by atoms with Crippen LogP contribution in [-0.2, 0) is 9.59 Å². The summed E-state index contributed by atoms with van der Waals surface area (Å²) in [5.41, 5.74) is 0. The largest absolute Gasteiger partial charge is 0.480 e. The second-order valence-corrected chi connectivity index (χ2v) is 4.42. The van der Waals surface area contributed by atoms with Gasteiger partial charge in [-0.3, -0.25) is 19.8 Å². The number of carbonyl (C=O) groups is 2. The molecule has 1 heterocycles. The summed E-state index contributed by atoms with van der Waals surface area (Å²) in [5, 5.41) is 19.7. The van der Waals surface area contributed by atoms with E-state index in [1.54, 1.807) is 14.0 Å². The van der Waals surface area contributed by atoms with Gasteiger partial charge in [-0.2, -0.15) is 0 Å². The second-order valence-electron chi connectivity index (χ2n) is 3.24. The Hall–Kier alpha value is -1.54. The molecule has 8 heteroatoms. The first-order valence-corrected chi connectivity index (χ1v) is 5.29. The normalized spacial score (nSPS) is 10.4. The van der Waals surface area contributed by atoms with E-state index in [9.17, 15) is 9.59 Å². The molecule has 16 heavy (non-hydrogen) atoms. The molecule has 2 N–H and O–H groups in total. The molecular weight excluding hydrogens is 232 g/mol. The number of anilines is 1. The molecule has 1 aromatic heterocycles. The molecule has 1 amide bonds. The van der Waals surface area contributed by atoms with Crippen LogP contribution in [0.3, 0.4) is 0 Å². The highest BCUT2D eigenvalue weighted by Gasteiger charge is 2.11. The number of amides is 1. The van der Waals surface area contributed by atoms with Crippen molar-refractivity contribution in [2.45, 2.75) is 6.92 Å². The van der Waals surface area contributed by atoms with Gasteiger partial charge in [-0.25, -0.2) is 0 Å². The van der Waals surface area contributed by atoms with E-state index in [-0.39, 0.29) is 19.0 Å². The van der Waals surface area contributed by atoms with Gasteiger partial charge in [0.05, 0.1) is 13.1 Å². The van der Waals surface area contributed by atoms with Gasteiger partial charge >= 0.3 is 5.97 Å². The second kappa shape index (κ2) is 5.52. The number of carbonyl (C=O) groups excluding carboxylic acids is 1. The summed E-state index contributed by atoms with van der Waals surface area (Å²) in [5.74, 6) is -1.28. The number of rotatable bonds is 5. The number of aryl methyl sites for hydroxylation is 1. The molecule has 0 aliphatic rings. The van der Waals surface area contributed by atoms with Gasteiger partial charge in [0.15, 0.2) is 0 Å². The summed E-state index contributed by atoms with van der Waals surface area (Å²) >= 11 is 1.27. The van der Waals surface area contributed by atoms with E-state index in [4.69, 9.17) is 5.11 Å². The van der Waals surface area contributed by atoms with Crippen LogP contribution in [0.4, 0.5) is 5.13 Å². The van der Waals surface area contributed by atoms with Crippen LogP contribution in [0.1, 0.15) is 5.01 Å². The number of hydrogen-bond donors (Lipinski definition) is 2. The molecule has 0 spiro atoms. The Kier molecular flexibility index (Phi) is 4.32. The number of hydrogen-bond acceptors (Lipinski definition) is 6. The molecule has 0 aliphatic heterocycles. The monoisotopic (exact) mass is 244 g/mol. The van der Waals surface area contributed by atoms with Crippen LogP contribution in [0.25, 0.3) is 0 Å². The fourth-order valence-corrected chi connectivity index (χ4v) is 1.65. The van der Waals surface area contributed by atoms with Crippen LogP contribution in [0.5, 0.6) is 0 Å². The van der Waals surface area contributed by atoms with Crippen LogP contribution in [0.2, 0.25) is 0 Å². The maximum atomic E-state index is 11.4. The average molecular weight is 244 g/mol. The van der Waals surface area contributed by atoms with Crippen molar-refractivity contribution in [2.24, 2.45) is 0 Å². The molecule has 0 saturated heterocycles. The molecule has 88 valence electrons. The quantitative estimate of drug-likeness (QED) is 0.745. The summed E-state index contributed by atoms with van der Waals surface area (Å²) in [6, 6.07) is 0. The molecule has 0 aromatic carbocycles. The van der Waals surface area contributed by atoms with Gasteiger partial charge in [-0.1, -0.05) is 11.3 Å². The van der Waals surface area contributed by atoms with Crippen molar-refractivity contribution in [1.29, 1.82) is 0 Å². The predicted octanol–water partition coefficient (Wildman–Crippen LogP) is -0.199.